The first kappa shape index (κ1) is 21.2. The first-order valence-electron chi connectivity index (χ1n) is 12.8. The molecule has 1 aliphatic heterocycles. The van der Waals surface area contributed by atoms with Gasteiger partial charge in [0.15, 0.2) is 0 Å². The van der Waals surface area contributed by atoms with Crippen LogP contribution in [-0.4, -0.2) is 0 Å². The second kappa shape index (κ2) is 7.96. The van der Waals surface area contributed by atoms with Crippen molar-refractivity contribution in [2.24, 2.45) is 0 Å². The summed E-state index contributed by atoms with van der Waals surface area (Å²) in [5.41, 5.74) is 11.8. The minimum Gasteiger partial charge on any atom is -0.456 e. The maximum atomic E-state index is 6.47. The van der Waals surface area contributed by atoms with Crippen LogP contribution in [-0.2, 0) is 11.8 Å². The van der Waals surface area contributed by atoms with E-state index in [0.717, 1.165) is 29.0 Å². The van der Waals surface area contributed by atoms with Gasteiger partial charge in [0, 0.05) is 22.5 Å². The van der Waals surface area contributed by atoms with E-state index >= 15 is 0 Å². The molecule has 0 spiro atoms. The lowest BCUT2D eigenvalue weighted by Gasteiger charge is -2.39. The zero-order valence-corrected chi connectivity index (χ0v) is 20.7. The number of hydrogen-bond acceptors (Lipinski definition) is 1. The average Bonchev–Trinajstić information content (AvgIpc) is 3.06. The Morgan fingerprint density at radius 1 is 0.556 bits per heavy atom. The number of rotatable bonds is 2. The van der Waals surface area contributed by atoms with Crippen molar-refractivity contribution >= 4 is 0 Å². The van der Waals surface area contributed by atoms with Crippen LogP contribution in [0.5, 0.6) is 11.5 Å². The van der Waals surface area contributed by atoms with Crippen molar-refractivity contribution in [3.8, 4) is 33.8 Å². The third-order valence-electron chi connectivity index (χ3n) is 8.12. The second-order valence-electron chi connectivity index (χ2n) is 10.5. The highest BCUT2D eigenvalue weighted by Crippen LogP contribution is 2.49. The van der Waals surface area contributed by atoms with Crippen LogP contribution in [0.4, 0.5) is 0 Å². The predicted octanol–water partition coefficient (Wildman–Crippen LogP) is 9.14. The van der Waals surface area contributed by atoms with Gasteiger partial charge in [-0.1, -0.05) is 111 Å². The molecule has 1 heteroatoms. The van der Waals surface area contributed by atoms with Crippen molar-refractivity contribution in [1.29, 1.82) is 0 Å². The molecule has 0 unspecified atom stereocenters. The Balaban J connectivity index is 1.36. The Bertz CT molecular complexity index is 1570. The fourth-order valence-electron chi connectivity index (χ4n) is 6.36. The van der Waals surface area contributed by atoms with Crippen LogP contribution in [0.25, 0.3) is 22.3 Å². The molecular weight excluding hydrogens is 436 g/mol. The quantitative estimate of drug-likeness (QED) is 0.248. The molecule has 2 aliphatic rings. The fourth-order valence-corrected chi connectivity index (χ4v) is 6.36. The number of benzene rings is 5. The molecule has 0 amide bonds. The minimum absolute atomic E-state index is 0.00396. The SMILES string of the molecule is CC1(C)c2ccccc2C(Cc2ccc3c(c2)-c2ccccc2-c2ccccc2O3)c2ccccc21. The third-order valence-corrected chi connectivity index (χ3v) is 8.12. The zero-order chi connectivity index (χ0) is 24.3. The largest absolute Gasteiger partial charge is 0.456 e. The summed E-state index contributed by atoms with van der Waals surface area (Å²) in [4.78, 5) is 0. The van der Waals surface area contributed by atoms with Gasteiger partial charge in [-0.05, 0) is 63.6 Å². The van der Waals surface area contributed by atoms with Crippen molar-refractivity contribution in [2.75, 3.05) is 0 Å². The average molecular weight is 465 g/mol. The summed E-state index contributed by atoms with van der Waals surface area (Å²) in [6.07, 6.45) is 0.951. The van der Waals surface area contributed by atoms with E-state index in [-0.39, 0.29) is 5.41 Å². The molecule has 0 radical (unpaired) electrons. The zero-order valence-electron chi connectivity index (χ0n) is 20.7. The van der Waals surface area contributed by atoms with Crippen molar-refractivity contribution in [3.05, 3.63) is 143 Å². The Morgan fingerprint density at radius 2 is 1.08 bits per heavy atom. The number of para-hydroxylation sites is 1. The normalized spacial score (nSPS) is 14.8. The molecule has 36 heavy (non-hydrogen) atoms. The fraction of sp³-hybridized carbons (Fsp3) is 0.143. The lowest BCUT2D eigenvalue weighted by molar-refractivity contribution is 0.487. The molecule has 1 heterocycles. The van der Waals surface area contributed by atoms with Gasteiger partial charge in [-0.25, -0.2) is 0 Å². The van der Waals surface area contributed by atoms with Crippen LogP contribution < -0.4 is 4.74 Å². The van der Waals surface area contributed by atoms with Gasteiger partial charge < -0.3 is 4.74 Å². The molecule has 1 aliphatic carbocycles. The van der Waals surface area contributed by atoms with Gasteiger partial charge in [-0.3, -0.25) is 0 Å². The highest BCUT2D eigenvalue weighted by Gasteiger charge is 2.37. The Hall–Kier alpha value is -4.10. The molecule has 0 atom stereocenters. The van der Waals surface area contributed by atoms with Crippen molar-refractivity contribution in [2.45, 2.75) is 31.6 Å². The number of fused-ring (bicyclic) bond motifs is 7. The van der Waals surface area contributed by atoms with Gasteiger partial charge in [0.25, 0.3) is 0 Å². The standard InChI is InChI=1S/C35H28O/c1-35(2)31-16-8-5-13-26(31)29(27-14-6-9-17-32(27)35)21-23-19-20-34-30(22-23)25-12-4-3-11-24(25)28-15-7-10-18-33(28)36-34/h3-20,22,29H,21H2,1-2H3. The predicted molar refractivity (Wildman–Crippen MR) is 148 cm³/mol. The van der Waals surface area contributed by atoms with Gasteiger partial charge in [0.1, 0.15) is 11.5 Å². The van der Waals surface area contributed by atoms with E-state index < -0.39 is 0 Å². The van der Waals surface area contributed by atoms with E-state index in [2.05, 4.69) is 123 Å². The Morgan fingerprint density at radius 3 is 1.78 bits per heavy atom. The molecule has 0 saturated carbocycles. The van der Waals surface area contributed by atoms with E-state index in [1.165, 1.54) is 38.9 Å². The van der Waals surface area contributed by atoms with E-state index in [9.17, 15) is 0 Å². The van der Waals surface area contributed by atoms with Crippen molar-refractivity contribution in [3.63, 3.8) is 0 Å². The van der Waals surface area contributed by atoms with Crippen LogP contribution in [0.2, 0.25) is 0 Å². The maximum Gasteiger partial charge on any atom is 0.135 e. The first-order chi connectivity index (χ1) is 17.6. The highest BCUT2D eigenvalue weighted by molar-refractivity contribution is 5.90. The van der Waals surface area contributed by atoms with E-state index in [1.807, 2.05) is 6.07 Å². The molecule has 0 aromatic heterocycles. The first-order valence-corrected chi connectivity index (χ1v) is 12.8. The van der Waals surface area contributed by atoms with Crippen LogP contribution in [0, 0.1) is 0 Å². The van der Waals surface area contributed by atoms with E-state index in [1.54, 1.807) is 0 Å². The summed E-state index contributed by atoms with van der Waals surface area (Å²) in [6, 6.07) is 41.8. The molecule has 0 fully saturated rings. The molecule has 5 aromatic carbocycles. The summed E-state index contributed by atoms with van der Waals surface area (Å²) >= 11 is 0. The number of hydrogen-bond donors (Lipinski definition) is 0. The van der Waals surface area contributed by atoms with Gasteiger partial charge in [-0.15, -0.1) is 0 Å². The van der Waals surface area contributed by atoms with Crippen LogP contribution >= 0.6 is 0 Å². The number of ether oxygens (including phenoxy) is 1. The lowest BCUT2D eigenvalue weighted by atomic mass is 9.64. The van der Waals surface area contributed by atoms with E-state index in [4.69, 9.17) is 4.74 Å². The van der Waals surface area contributed by atoms with Gasteiger partial charge in [0.2, 0.25) is 0 Å². The summed E-state index contributed by atoms with van der Waals surface area (Å²) < 4.78 is 6.47. The summed E-state index contributed by atoms with van der Waals surface area (Å²) in [6.45, 7) is 4.71. The van der Waals surface area contributed by atoms with Gasteiger partial charge >= 0.3 is 0 Å². The molecule has 0 N–H and O–H groups in total. The molecular formula is C35H28O. The van der Waals surface area contributed by atoms with Gasteiger partial charge in [0.05, 0.1) is 0 Å². The second-order valence-corrected chi connectivity index (χ2v) is 10.5. The Kier molecular flexibility index (Phi) is 4.69. The topological polar surface area (TPSA) is 9.23 Å². The van der Waals surface area contributed by atoms with Crippen LogP contribution in [0.3, 0.4) is 0 Å². The molecule has 0 saturated heterocycles. The maximum absolute atomic E-state index is 6.47. The monoisotopic (exact) mass is 464 g/mol. The molecule has 174 valence electrons. The molecule has 0 bridgehead atoms. The molecule has 7 rings (SSSR count). The van der Waals surface area contributed by atoms with Crippen molar-refractivity contribution in [1.82, 2.24) is 0 Å². The van der Waals surface area contributed by atoms with Gasteiger partial charge in [-0.2, -0.15) is 0 Å². The summed E-state index contributed by atoms with van der Waals surface area (Å²) in [7, 11) is 0. The van der Waals surface area contributed by atoms with E-state index in [0.29, 0.717) is 5.92 Å². The summed E-state index contributed by atoms with van der Waals surface area (Å²) in [5.74, 6) is 2.15. The highest BCUT2D eigenvalue weighted by atomic mass is 16.5. The third kappa shape index (κ3) is 3.16. The minimum atomic E-state index is -0.00396. The molecule has 5 aromatic rings. The summed E-state index contributed by atoms with van der Waals surface area (Å²) in [5, 5.41) is 0. The lowest BCUT2D eigenvalue weighted by Crippen LogP contribution is -2.30. The van der Waals surface area contributed by atoms with Crippen LogP contribution in [0.1, 0.15) is 47.6 Å². The van der Waals surface area contributed by atoms with Crippen molar-refractivity contribution < 1.29 is 4.74 Å². The Labute approximate surface area is 213 Å². The molecule has 1 nitrogen and oxygen atoms in total. The smallest absolute Gasteiger partial charge is 0.135 e. The van der Waals surface area contributed by atoms with Crippen LogP contribution in [0.15, 0.2) is 115 Å².